The Bertz CT molecular complexity index is 915. The van der Waals surface area contributed by atoms with Gasteiger partial charge in [0.25, 0.3) is 5.95 Å². The zero-order chi connectivity index (χ0) is 17.1. The molecule has 0 aliphatic heterocycles. The van der Waals surface area contributed by atoms with Crippen LogP contribution in [0, 0.1) is 10.1 Å². The molecule has 0 amide bonds. The van der Waals surface area contributed by atoms with E-state index in [4.69, 9.17) is 14.9 Å². The largest absolute Gasteiger partial charge is 0.490 e. The molecule has 0 unspecified atom stereocenters. The summed E-state index contributed by atoms with van der Waals surface area (Å²) >= 11 is 0. The maximum Gasteiger partial charge on any atom is 0.311 e. The number of nitro groups is 1. The summed E-state index contributed by atoms with van der Waals surface area (Å²) in [6, 6.07) is 7.85. The summed E-state index contributed by atoms with van der Waals surface area (Å²) in [6.07, 6.45) is 1.37. The molecule has 0 saturated heterocycles. The highest BCUT2D eigenvalue weighted by Crippen LogP contribution is 2.32. The van der Waals surface area contributed by atoms with Gasteiger partial charge in [0.1, 0.15) is 11.5 Å². The Balaban J connectivity index is 1.88. The van der Waals surface area contributed by atoms with Crippen LogP contribution < -0.4 is 10.5 Å². The van der Waals surface area contributed by atoms with Gasteiger partial charge in [0, 0.05) is 11.6 Å². The Labute approximate surface area is 134 Å². The molecule has 11 nitrogen and oxygen atoms in total. The molecule has 3 rings (SSSR count). The minimum atomic E-state index is -0.520. The number of hydrogen-bond acceptors (Lipinski definition) is 9. The van der Waals surface area contributed by atoms with Crippen LogP contribution in [-0.4, -0.2) is 38.6 Å². The second-order valence-electron chi connectivity index (χ2n) is 4.52. The van der Waals surface area contributed by atoms with E-state index in [9.17, 15) is 10.1 Å². The molecule has 0 aliphatic carbocycles. The molecule has 2 N–H and O–H groups in total. The summed E-state index contributed by atoms with van der Waals surface area (Å²) in [6.45, 7) is 0. The fourth-order valence-electron chi connectivity index (χ4n) is 1.95. The third-order valence-electron chi connectivity index (χ3n) is 3.06. The van der Waals surface area contributed by atoms with Crippen molar-refractivity contribution in [1.29, 1.82) is 0 Å². The van der Waals surface area contributed by atoms with Gasteiger partial charge in [-0.25, -0.2) is 0 Å². The summed E-state index contributed by atoms with van der Waals surface area (Å²) in [5.74, 6) is 1.04. The van der Waals surface area contributed by atoms with E-state index < -0.39 is 4.92 Å². The van der Waals surface area contributed by atoms with Gasteiger partial charge in [-0.2, -0.15) is 5.10 Å². The van der Waals surface area contributed by atoms with Crippen molar-refractivity contribution in [2.75, 3.05) is 12.8 Å². The second-order valence-corrected chi connectivity index (χ2v) is 4.52. The monoisotopic (exact) mass is 329 g/mol. The number of benzene rings is 1. The molecule has 3 aromatic rings. The molecule has 0 spiro atoms. The molecule has 122 valence electrons. The highest BCUT2D eigenvalue weighted by Gasteiger charge is 2.17. The van der Waals surface area contributed by atoms with E-state index in [-0.39, 0.29) is 17.4 Å². The number of ether oxygens (including phenoxy) is 1. The molecule has 2 heterocycles. The van der Waals surface area contributed by atoms with Crippen molar-refractivity contribution in [3.8, 4) is 17.1 Å². The van der Waals surface area contributed by atoms with Crippen LogP contribution in [0.2, 0.25) is 0 Å². The lowest BCUT2D eigenvalue weighted by Gasteiger charge is -2.03. The van der Waals surface area contributed by atoms with Crippen LogP contribution in [0.25, 0.3) is 11.3 Å². The van der Waals surface area contributed by atoms with Crippen LogP contribution in [-0.2, 0) is 0 Å². The lowest BCUT2D eigenvalue weighted by atomic mass is 10.1. The summed E-state index contributed by atoms with van der Waals surface area (Å²) in [5, 5.41) is 25.4. The van der Waals surface area contributed by atoms with Crippen LogP contribution in [0.15, 0.2) is 39.9 Å². The van der Waals surface area contributed by atoms with Crippen molar-refractivity contribution in [2.24, 2.45) is 5.10 Å². The molecule has 0 bridgehead atoms. The number of rotatable bonds is 5. The average molecular weight is 329 g/mol. The van der Waals surface area contributed by atoms with E-state index in [0.29, 0.717) is 17.1 Å². The van der Waals surface area contributed by atoms with E-state index in [1.807, 2.05) is 0 Å². The van der Waals surface area contributed by atoms with Crippen molar-refractivity contribution >= 4 is 17.9 Å². The maximum absolute atomic E-state index is 11.1. The van der Waals surface area contributed by atoms with E-state index in [1.54, 1.807) is 18.2 Å². The van der Waals surface area contributed by atoms with Gasteiger partial charge < -0.3 is 14.9 Å². The quantitative estimate of drug-likeness (QED) is 0.418. The number of hydrogen-bond donors (Lipinski definition) is 1. The summed E-state index contributed by atoms with van der Waals surface area (Å²) in [5.41, 5.74) is 5.86. The Kier molecular flexibility index (Phi) is 3.89. The molecule has 0 aliphatic rings. The van der Waals surface area contributed by atoms with Crippen LogP contribution in [0.3, 0.4) is 0 Å². The SMILES string of the molecule is COc1ccc(-c2ccc(/C=N/n3nnnc3N)o2)cc1[N+](=O)[O-]. The van der Waals surface area contributed by atoms with Crippen LogP contribution in [0.1, 0.15) is 5.76 Å². The topological polar surface area (TPSA) is 147 Å². The number of tetrazole rings is 1. The molecule has 24 heavy (non-hydrogen) atoms. The van der Waals surface area contributed by atoms with Gasteiger partial charge in [-0.15, -0.1) is 0 Å². The highest BCUT2D eigenvalue weighted by atomic mass is 16.6. The summed E-state index contributed by atoms with van der Waals surface area (Å²) < 4.78 is 10.5. The third-order valence-corrected chi connectivity index (χ3v) is 3.06. The molecule has 0 fully saturated rings. The molecule has 1 aromatic carbocycles. The molecule has 0 saturated carbocycles. The molecule has 0 atom stereocenters. The van der Waals surface area contributed by atoms with Gasteiger partial charge in [0.15, 0.2) is 5.75 Å². The van der Waals surface area contributed by atoms with Gasteiger partial charge in [-0.3, -0.25) is 10.1 Å². The van der Waals surface area contributed by atoms with Crippen LogP contribution in [0.4, 0.5) is 11.6 Å². The normalized spacial score (nSPS) is 11.0. The number of nitrogens with zero attached hydrogens (tertiary/aromatic N) is 6. The maximum atomic E-state index is 11.1. The van der Waals surface area contributed by atoms with Gasteiger partial charge in [0.05, 0.1) is 18.2 Å². The van der Waals surface area contributed by atoms with Gasteiger partial charge in [-0.1, -0.05) is 9.89 Å². The van der Waals surface area contributed by atoms with Crippen LogP contribution >= 0.6 is 0 Å². The van der Waals surface area contributed by atoms with E-state index >= 15 is 0 Å². The standard InChI is InChI=1S/C13H11N7O4/c1-23-12-4-2-8(6-10(12)20(21)22)11-5-3-9(24-11)7-15-19-13(14)16-17-18-19/h2-7H,1H3,(H2,14,16,18)/b15-7+. The molecular formula is C13H11N7O4. The summed E-state index contributed by atoms with van der Waals surface area (Å²) in [7, 11) is 1.37. The lowest BCUT2D eigenvalue weighted by Crippen LogP contribution is -1.99. The fraction of sp³-hybridized carbons (Fsp3) is 0.0769. The second kappa shape index (κ2) is 6.16. The smallest absolute Gasteiger partial charge is 0.311 e. The minimum Gasteiger partial charge on any atom is -0.490 e. The number of methoxy groups -OCH3 is 1. The van der Waals surface area contributed by atoms with E-state index in [1.165, 1.54) is 25.5 Å². The first-order valence-electron chi connectivity index (χ1n) is 6.59. The lowest BCUT2D eigenvalue weighted by molar-refractivity contribution is -0.385. The Morgan fingerprint density at radius 1 is 1.42 bits per heavy atom. The molecule has 0 radical (unpaired) electrons. The number of nitrogen functional groups attached to an aromatic ring is 1. The first kappa shape index (κ1) is 15.1. The molecular weight excluding hydrogens is 318 g/mol. The zero-order valence-electron chi connectivity index (χ0n) is 12.4. The van der Waals surface area contributed by atoms with E-state index in [0.717, 1.165) is 4.79 Å². The number of aromatic nitrogens is 4. The predicted octanol–water partition coefficient (Wildman–Crippen LogP) is 1.31. The van der Waals surface area contributed by atoms with Crippen molar-refractivity contribution in [2.45, 2.75) is 0 Å². The average Bonchev–Trinajstić information content (AvgIpc) is 3.21. The van der Waals surface area contributed by atoms with Crippen molar-refractivity contribution in [3.63, 3.8) is 0 Å². The third kappa shape index (κ3) is 2.90. The van der Waals surface area contributed by atoms with E-state index in [2.05, 4.69) is 20.6 Å². The summed E-state index contributed by atoms with van der Waals surface area (Å²) in [4.78, 5) is 11.6. The Morgan fingerprint density at radius 3 is 2.92 bits per heavy atom. The number of furan rings is 1. The van der Waals surface area contributed by atoms with Gasteiger partial charge in [0.2, 0.25) is 0 Å². The predicted molar refractivity (Wildman–Crippen MR) is 82.6 cm³/mol. The van der Waals surface area contributed by atoms with Crippen molar-refractivity contribution in [3.05, 3.63) is 46.2 Å². The minimum absolute atomic E-state index is 0.0313. The van der Waals surface area contributed by atoms with Crippen molar-refractivity contribution < 1.29 is 14.1 Å². The fourth-order valence-corrected chi connectivity index (χ4v) is 1.95. The van der Waals surface area contributed by atoms with Crippen molar-refractivity contribution in [1.82, 2.24) is 20.3 Å². The number of anilines is 1. The number of nitro benzene ring substituents is 1. The van der Waals surface area contributed by atoms with Crippen LogP contribution in [0.5, 0.6) is 5.75 Å². The first-order chi connectivity index (χ1) is 11.6. The number of nitrogens with two attached hydrogens (primary N) is 1. The van der Waals surface area contributed by atoms with Gasteiger partial charge in [-0.05, 0) is 34.7 Å². The zero-order valence-corrected chi connectivity index (χ0v) is 12.4. The molecule has 11 heteroatoms. The molecule has 2 aromatic heterocycles. The van der Waals surface area contributed by atoms with Gasteiger partial charge >= 0.3 is 5.69 Å². The first-order valence-corrected chi connectivity index (χ1v) is 6.59. The Hall–Kier alpha value is -3.76. The Morgan fingerprint density at radius 2 is 2.25 bits per heavy atom. The highest BCUT2D eigenvalue weighted by molar-refractivity contribution is 5.77.